The molecule has 0 bridgehead atoms. The maximum atomic E-state index is 6.82. The van der Waals surface area contributed by atoms with E-state index in [1.807, 2.05) is 6.07 Å². The van der Waals surface area contributed by atoms with Crippen molar-refractivity contribution in [1.29, 1.82) is 0 Å². The smallest absolute Gasteiger partial charge is 0.192 e. The van der Waals surface area contributed by atoms with Crippen LogP contribution in [0.3, 0.4) is 0 Å². The third kappa shape index (κ3) is 4.18. The van der Waals surface area contributed by atoms with E-state index in [4.69, 9.17) is 21.0 Å². The highest BCUT2D eigenvalue weighted by Gasteiger charge is 2.43. The fourth-order valence-electron chi connectivity index (χ4n) is 4.34. The maximum Gasteiger partial charge on any atom is 0.192 e. The van der Waals surface area contributed by atoms with E-state index in [-0.39, 0.29) is 17.2 Å². The molecular formula is C24H32ClN5OSi. The number of halogens is 1. The van der Waals surface area contributed by atoms with Gasteiger partial charge in [0, 0.05) is 31.4 Å². The van der Waals surface area contributed by atoms with Crippen LogP contribution in [0.4, 0.5) is 5.82 Å². The lowest BCUT2D eigenvalue weighted by atomic mass is 10.1. The molecule has 8 heteroatoms. The van der Waals surface area contributed by atoms with Crippen LogP contribution in [0.2, 0.25) is 23.3 Å². The molecule has 1 aliphatic carbocycles. The largest absolute Gasteiger partial charge is 0.412 e. The molecule has 0 N–H and O–H groups in total. The van der Waals surface area contributed by atoms with Crippen molar-refractivity contribution < 1.29 is 4.43 Å². The lowest BCUT2D eigenvalue weighted by Crippen LogP contribution is -2.44. The first-order valence-corrected chi connectivity index (χ1v) is 14.8. The summed E-state index contributed by atoms with van der Waals surface area (Å²) in [5, 5.41) is 0.614. The van der Waals surface area contributed by atoms with Crippen LogP contribution in [0.1, 0.15) is 63.3 Å². The SMILES string of the molecule is CC(C)(C)[Si](C)(C)O[C@H]1C[C@H](c2cn3cc(C4CC4)ccc3n2)N(c2cc(Cl)ncn2)C1. The Morgan fingerprint density at radius 1 is 1.12 bits per heavy atom. The topological polar surface area (TPSA) is 55.6 Å². The van der Waals surface area contributed by atoms with E-state index in [2.05, 4.69) is 77.7 Å². The van der Waals surface area contributed by atoms with E-state index in [0.717, 1.165) is 36.0 Å². The zero-order valence-electron chi connectivity index (χ0n) is 19.5. The van der Waals surface area contributed by atoms with Crippen molar-refractivity contribution in [3.8, 4) is 0 Å². The Hall–Kier alpha value is -1.96. The molecule has 0 spiro atoms. The van der Waals surface area contributed by atoms with Crippen molar-refractivity contribution in [3.05, 3.63) is 53.3 Å². The molecular weight excluding hydrogens is 438 g/mol. The van der Waals surface area contributed by atoms with Gasteiger partial charge in [-0.3, -0.25) is 0 Å². The van der Waals surface area contributed by atoms with Crippen LogP contribution in [0.25, 0.3) is 5.65 Å². The van der Waals surface area contributed by atoms with Gasteiger partial charge in [0.1, 0.15) is 22.9 Å². The molecule has 2 atom stereocenters. The van der Waals surface area contributed by atoms with Gasteiger partial charge in [-0.15, -0.1) is 0 Å². The van der Waals surface area contributed by atoms with Crippen LogP contribution >= 0.6 is 11.6 Å². The van der Waals surface area contributed by atoms with Gasteiger partial charge >= 0.3 is 0 Å². The van der Waals surface area contributed by atoms with Gasteiger partial charge < -0.3 is 13.7 Å². The Kier molecular flexibility index (Phi) is 5.34. The van der Waals surface area contributed by atoms with Crippen molar-refractivity contribution in [2.45, 2.75) is 76.2 Å². The van der Waals surface area contributed by atoms with Gasteiger partial charge in [-0.05, 0) is 48.5 Å². The van der Waals surface area contributed by atoms with E-state index in [1.54, 1.807) is 0 Å². The zero-order chi connectivity index (χ0) is 22.7. The Labute approximate surface area is 196 Å². The van der Waals surface area contributed by atoms with Gasteiger partial charge in [0.2, 0.25) is 0 Å². The summed E-state index contributed by atoms with van der Waals surface area (Å²) in [5.74, 6) is 1.55. The molecule has 170 valence electrons. The van der Waals surface area contributed by atoms with E-state index < -0.39 is 8.32 Å². The third-order valence-corrected chi connectivity index (χ3v) is 12.1. The second-order valence-electron chi connectivity index (χ2n) is 10.8. The first-order chi connectivity index (χ1) is 15.1. The molecule has 0 radical (unpaired) electrons. The highest BCUT2D eigenvalue weighted by molar-refractivity contribution is 6.74. The molecule has 1 aliphatic heterocycles. The first-order valence-electron chi connectivity index (χ1n) is 11.5. The summed E-state index contributed by atoms with van der Waals surface area (Å²) < 4.78 is 8.99. The highest BCUT2D eigenvalue weighted by Crippen LogP contribution is 2.43. The standard InChI is InChI=1S/C24H32ClN5OSi/c1-24(2,3)32(4,5)31-18-10-20(30(13-18)23-11-21(25)26-15-27-23)19-14-29-12-17(16-6-7-16)8-9-22(29)28-19/h8-9,11-12,14-16,18,20H,6-7,10,13H2,1-5H3/t18-,20+/m0/s1. The number of rotatable bonds is 5. The van der Waals surface area contributed by atoms with E-state index in [9.17, 15) is 0 Å². The lowest BCUT2D eigenvalue weighted by Gasteiger charge is -2.38. The minimum atomic E-state index is -1.90. The Bertz CT molecular complexity index is 1140. The second kappa shape index (κ2) is 7.82. The van der Waals surface area contributed by atoms with Crippen molar-refractivity contribution in [1.82, 2.24) is 19.4 Å². The Balaban J connectivity index is 1.48. The number of imidazole rings is 1. The summed E-state index contributed by atoms with van der Waals surface area (Å²) in [6.07, 6.45) is 9.55. The Morgan fingerprint density at radius 3 is 2.59 bits per heavy atom. The molecule has 2 fully saturated rings. The second-order valence-corrected chi connectivity index (χ2v) is 15.9. The maximum absolute atomic E-state index is 6.82. The molecule has 6 nitrogen and oxygen atoms in total. The highest BCUT2D eigenvalue weighted by atomic mass is 35.5. The third-order valence-electron chi connectivity index (χ3n) is 7.33. The fourth-order valence-corrected chi connectivity index (χ4v) is 5.84. The fraction of sp³-hybridized carbons (Fsp3) is 0.542. The molecule has 3 aromatic rings. The summed E-state index contributed by atoms with van der Waals surface area (Å²) in [5.41, 5.74) is 3.44. The number of pyridine rings is 1. The summed E-state index contributed by atoms with van der Waals surface area (Å²) in [6, 6.07) is 6.29. The van der Waals surface area contributed by atoms with Crippen molar-refractivity contribution >= 4 is 31.4 Å². The summed E-state index contributed by atoms with van der Waals surface area (Å²) in [4.78, 5) is 15.9. The van der Waals surface area contributed by atoms with Crippen LogP contribution in [-0.4, -0.2) is 40.3 Å². The number of hydrogen-bond acceptors (Lipinski definition) is 5. The molecule has 4 heterocycles. The van der Waals surface area contributed by atoms with Gasteiger partial charge in [0.15, 0.2) is 8.32 Å². The normalized spacial score (nSPS) is 22.1. The zero-order valence-corrected chi connectivity index (χ0v) is 21.3. The van der Waals surface area contributed by atoms with Crippen LogP contribution in [0.15, 0.2) is 36.9 Å². The predicted octanol–water partition coefficient (Wildman–Crippen LogP) is 6.00. The van der Waals surface area contributed by atoms with Crippen molar-refractivity contribution in [3.63, 3.8) is 0 Å². The van der Waals surface area contributed by atoms with Gasteiger partial charge in [-0.1, -0.05) is 38.4 Å². The van der Waals surface area contributed by atoms with E-state index >= 15 is 0 Å². The average Bonchev–Trinajstić information content (AvgIpc) is 3.34. The molecule has 0 unspecified atom stereocenters. The van der Waals surface area contributed by atoms with Gasteiger partial charge in [-0.2, -0.15) is 0 Å². The molecule has 0 amide bonds. The van der Waals surface area contributed by atoms with Crippen LogP contribution < -0.4 is 4.90 Å². The van der Waals surface area contributed by atoms with Gasteiger partial charge in [-0.25, -0.2) is 15.0 Å². The minimum Gasteiger partial charge on any atom is -0.412 e. The van der Waals surface area contributed by atoms with Crippen molar-refractivity contribution in [2.24, 2.45) is 0 Å². The monoisotopic (exact) mass is 469 g/mol. The molecule has 5 rings (SSSR count). The average molecular weight is 470 g/mol. The van der Waals surface area contributed by atoms with E-state index in [1.165, 1.54) is 24.7 Å². The summed E-state index contributed by atoms with van der Waals surface area (Å²) >= 11 is 6.21. The molecule has 1 saturated carbocycles. The van der Waals surface area contributed by atoms with Crippen molar-refractivity contribution in [2.75, 3.05) is 11.4 Å². The lowest BCUT2D eigenvalue weighted by molar-refractivity contribution is 0.198. The van der Waals surface area contributed by atoms with E-state index in [0.29, 0.717) is 5.15 Å². The first kappa shape index (κ1) is 21.9. The number of aromatic nitrogens is 4. The summed E-state index contributed by atoms with van der Waals surface area (Å²) in [7, 11) is -1.90. The van der Waals surface area contributed by atoms with Crippen LogP contribution in [-0.2, 0) is 4.43 Å². The summed E-state index contributed by atoms with van der Waals surface area (Å²) in [6.45, 7) is 12.3. The molecule has 32 heavy (non-hydrogen) atoms. The molecule has 2 aliphatic rings. The predicted molar refractivity (Wildman–Crippen MR) is 131 cm³/mol. The molecule has 0 aromatic carbocycles. The Morgan fingerprint density at radius 2 is 1.91 bits per heavy atom. The number of nitrogens with zero attached hydrogens (tertiary/aromatic N) is 5. The van der Waals surface area contributed by atoms with Crippen LogP contribution in [0.5, 0.6) is 0 Å². The molecule has 3 aromatic heterocycles. The minimum absolute atomic E-state index is 0.0833. The molecule has 1 saturated heterocycles. The number of anilines is 1. The van der Waals surface area contributed by atoms with Crippen LogP contribution in [0, 0.1) is 0 Å². The number of hydrogen-bond donors (Lipinski definition) is 0. The van der Waals surface area contributed by atoms with Gasteiger partial charge in [0.25, 0.3) is 0 Å². The quantitative estimate of drug-likeness (QED) is 0.339. The number of fused-ring (bicyclic) bond motifs is 1. The van der Waals surface area contributed by atoms with Gasteiger partial charge in [0.05, 0.1) is 17.8 Å².